The van der Waals surface area contributed by atoms with Crippen LogP contribution in [-0.2, 0) is 14.9 Å². The summed E-state index contributed by atoms with van der Waals surface area (Å²) >= 11 is 10.7. The van der Waals surface area contributed by atoms with Crippen molar-refractivity contribution in [2.75, 3.05) is 13.7 Å². The number of methoxy groups -OCH3 is 1. The van der Waals surface area contributed by atoms with Gasteiger partial charge in [0.25, 0.3) is 5.91 Å². The highest BCUT2D eigenvalue weighted by atomic mass is 35.5. The molecule has 1 heterocycles. The highest BCUT2D eigenvalue weighted by Gasteiger charge is 2.40. The van der Waals surface area contributed by atoms with Crippen LogP contribution in [-0.4, -0.2) is 30.7 Å². The van der Waals surface area contributed by atoms with Crippen LogP contribution in [0.1, 0.15) is 16.1 Å². The molecule has 0 saturated heterocycles. The maximum Gasteiger partial charge on any atom is 0.383 e. The summed E-state index contributed by atoms with van der Waals surface area (Å²) in [6, 6.07) is 5.90. The van der Waals surface area contributed by atoms with Crippen LogP contribution in [0, 0.1) is 0 Å². The molecule has 0 aliphatic rings. The van der Waals surface area contributed by atoms with E-state index in [-0.39, 0.29) is 5.69 Å². The van der Waals surface area contributed by atoms with Gasteiger partial charge in [0.1, 0.15) is 17.8 Å². The standard InChI is InChI=1S/C14H10Cl2F2N2O4/c1-23-9(21)6-19-13(22)10-11(7-2-4-8(15)5-3-7)20-24-12(10)14(16,17)18/h2-5H,6H2,1H3,(H,19,22). The lowest BCUT2D eigenvalue weighted by molar-refractivity contribution is -0.139. The Morgan fingerprint density at radius 3 is 2.50 bits per heavy atom. The molecule has 24 heavy (non-hydrogen) atoms. The van der Waals surface area contributed by atoms with E-state index in [0.29, 0.717) is 10.6 Å². The van der Waals surface area contributed by atoms with Gasteiger partial charge in [0.05, 0.1) is 7.11 Å². The van der Waals surface area contributed by atoms with Crippen LogP contribution in [0.5, 0.6) is 0 Å². The summed E-state index contributed by atoms with van der Waals surface area (Å²) in [5.41, 5.74) is -0.441. The van der Waals surface area contributed by atoms with Gasteiger partial charge in [-0.15, -0.1) is 0 Å². The predicted molar refractivity (Wildman–Crippen MR) is 81.0 cm³/mol. The Bertz CT molecular complexity index is 757. The molecule has 10 heteroatoms. The van der Waals surface area contributed by atoms with Crippen molar-refractivity contribution in [1.82, 2.24) is 10.5 Å². The maximum atomic E-state index is 13.5. The van der Waals surface area contributed by atoms with Gasteiger partial charge in [-0.3, -0.25) is 9.59 Å². The van der Waals surface area contributed by atoms with Crippen molar-refractivity contribution in [3.8, 4) is 11.3 Å². The summed E-state index contributed by atoms with van der Waals surface area (Å²) in [5, 5.41) is 2.07. The smallest absolute Gasteiger partial charge is 0.383 e. The van der Waals surface area contributed by atoms with Crippen LogP contribution >= 0.6 is 23.2 Å². The first-order valence-electron chi connectivity index (χ1n) is 6.42. The number of hydrogen-bond donors (Lipinski definition) is 1. The number of amides is 1. The normalized spacial score (nSPS) is 11.2. The molecule has 2 aromatic rings. The monoisotopic (exact) mass is 378 g/mol. The number of ether oxygens (including phenoxy) is 1. The molecule has 0 unspecified atom stereocenters. The summed E-state index contributed by atoms with van der Waals surface area (Å²) in [4.78, 5) is 23.3. The molecular weight excluding hydrogens is 369 g/mol. The van der Waals surface area contributed by atoms with Crippen LogP contribution in [0.25, 0.3) is 11.3 Å². The zero-order chi connectivity index (χ0) is 17.9. The number of carbonyl (C=O) groups is 2. The molecule has 128 valence electrons. The minimum atomic E-state index is -3.96. The number of alkyl halides is 3. The largest absolute Gasteiger partial charge is 0.468 e. The first kappa shape index (κ1) is 18.2. The number of benzene rings is 1. The van der Waals surface area contributed by atoms with Gasteiger partial charge in [-0.2, -0.15) is 8.78 Å². The average Bonchev–Trinajstić information content (AvgIpc) is 2.98. The third-order valence-corrected chi connectivity index (χ3v) is 3.34. The highest BCUT2D eigenvalue weighted by Crippen LogP contribution is 2.38. The fourth-order valence-electron chi connectivity index (χ4n) is 1.81. The highest BCUT2D eigenvalue weighted by molar-refractivity contribution is 6.30. The van der Waals surface area contributed by atoms with Gasteiger partial charge in [-0.25, -0.2) is 0 Å². The lowest BCUT2D eigenvalue weighted by atomic mass is 10.1. The minimum Gasteiger partial charge on any atom is -0.468 e. The molecule has 0 radical (unpaired) electrons. The van der Waals surface area contributed by atoms with E-state index in [0.717, 1.165) is 7.11 Å². The lowest BCUT2D eigenvalue weighted by Gasteiger charge is -2.08. The second-order valence-electron chi connectivity index (χ2n) is 4.50. The average molecular weight is 379 g/mol. The molecule has 0 spiro atoms. The lowest BCUT2D eigenvalue weighted by Crippen LogP contribution is -2.31. The van der Waals surface area contributed by atoms with Crippen LogP contribution < -0.4 is 5.32 Å². The van der Waals surface area contributed by atoms with Crippen LogP contribution in [0.4, 0.5) is 8.78 Å². The number of aromatic nitrogens is 1. The van der Waals surface area contributed by atoms with Crippen molar-refractivity contribution >= 4 is 35.1 Å². The molecule has 0 aliphatic carbocycles. The van der Waals surface area contributed by atoms with Crippen molar-refractivity contribution in [3.63, 3.8) is 0 Å². The number of nitrogens with one attached hydrogen (secondary N) is 1. The molecule has 1 N–H and O–H groups in total. The van der Waals surface area contributed by atoms with E-state index in [1.807, 2.05) is 0 Å². The summed E-state index contributed by atoms with van der Waals surface area (Å²) in [6.45, 7) is -0.520. The molecule has 0 fully saturated rings. The van der Waals surface area contributed by atoms with E-state index < -0.39 is 35.1 Å². The topological polar surface area (TPSA) is 81.4 Å². The molecule has 6 nitrogen and oxygen atoms in total. The summed E-state index contributed by atoms with van der Waals surface area (Å²) in [6.07, 6.45) is 0. The van der Waals surface area contributed by atoms with E-state index in [1.165, 1.54) is 24.3 Å². The Balaban J connectivity index is 2.45. The van der Waals surface area contributed by atoms with E-state index in [2.05, 4.69) is 19.7 Å². The van der Waals surface area contributed by atoms with Crippen LogP contribution in [0.15, 0.2) is 28.8 Å². The van der Waals surface area contributed by atoms with Gasteiger partial charge < -0.3 is 14.6 Å². The molecule has 0 saturated carbocycles. The Kier molecular flexibility index (Phi) is 5.40. The number of nitrogens with zero attached hydrogens (tertiary/aromatic N) is 1. The first-order valence-corrected chi connectivity index (χ1v) is 7.17. The van der Waals surface area contributed by atoms with E-state index in [9.17, 15) is 18.4 Å². The van der Waals surface area contributed by atoms with Crippen molar-refractivity contribution in [2.24, 2.45) is 0 Å². The summed E-state index contributed by atoms with van der Waals surface area (Å²) < 4.78 is 35.9. The van der Waals surface area contributed by atoms with E-state index in [4.69, 9.17) is 23.2 Å². The van der Waals surface area contributed by atoms with Gasteiger partial charge in [-0.05, 0) is 23.7 Å². The number of rotatable bonds is 5. The molecule has 1 aromatic heterocycles. The zero-order valence-electron chi connectivity index (χ0n) is 12.1. The second kappa shape index (κ2) is 7.14. The molecular formula is C14H10Cl2F2N2O4. The predicted octanol–water partition coefficient (Wildman–Crippen LogP) is 3.19. The Morgan fingerprint density at radius 1 is 1.33 bits per heavy atom. The molecule has 1 amide bonds. The van der Waals surface area contributed by atoms with Crippen molar-refractivity contribution in [1.29, 1.82) is 0 Å². The third-order valence-electron chi connectivity index (χ3n) is 2.92. The summed E-state index contributed by atoms with van der Waals surface area (Å²) in [7, 11) is 1.12. The first-order chi connectivity index (χ1) is 11.2. The van der Waals surface area contributed by atoms with E-state index >= 15 is 0 Å². The van der Waals surface area contributed by atoms with E-state index in [1.54, 1.807) is 0 Å². The SMILES string of the molecule is COC(=O)CNC(=O)c1c(-c2ccc(Cl)cc2)noc1C(F)(F)Cl. The fraction of sp³-hybridized carbons (Fsp3) is 0.214. The molecule has 0 bridgehead atoms. The second-order valence-corrected chi connectivity index (χ2v) is 5.41. The molecule has 0 atom stereocenters. The third kappa shape index (κ3) is 4.01. The number of esters is 1. The Hall–Kier alpha value is -2.19. The van der Waals surface area contributed by atoms with Gasteiger partial charge in [0.2, 0.25) is 5.76 Å². The molecule has 2 rings (SSSR count). The van der Waals surface area contributed by atoms with Crippen LogP contribution in [0.2, 0.25) is 5.02 Å². The van der Waals surface area contributed by atoms with Crippen LogP contribution in [0.3, 0.4) is 0 Å². The van der Waals surface area contributed by atoms with Gasteiger partial charge in [0.15, 0.2) is 0 Å². The van der Waals surface area contributed by atoms with Crippen molar-refractivity contribution in [3.05, 3.63) is 40.6 Å². The zero-order valence-corrected chi connectivity index (χ0v) is 13.6. The van der Waals surface area contributed by atoms with Gasteiger partial charge in [-0.1, -0.05) is 28.9 Å². The quantitative estimate of drug-likeness (QED) is 0.638. The fourth-order valence-corrected chi connectivity index (χ4v) is 2.07. The maximum absolute atomic E-state index is 13.5. The van der Waals surface area contributed by atoms with Crippen molar-refractivity contribution in [2.45, 2.75) is 5.38 Å². The Labute approximate surface area is 144 Å². The molecule has 1 aromatic carbocycles. The van der Waals surface area contributed by atoms with Gasteiger partial charge in [0, 0.05) is 10.6 Å². The van der Waals surface area contributed by atoms with Crippen molar-refractivity contribution < 1.29 is 27.6 Å². The number of hydrogen-bond acceptors (Lipinski definition) is 5. The number of carbonyl (C=O) groups excluding carboxylic acids is 2. The number of halogens is 4. The van der Waals surface area contributed by atoms with Gasteiger partial charge >= 0.3 is 11.4 Å². The molecule has 0 aliphatic heterocycles. The minimum absolute atomic E-state index is 0.163. The Morgan fingerprint density at radius 2 is 1.96 bits per heavy atom. The summed E-state index contributed by atoms with van der Waals surface area (Å²) in [5.74, 6) is -2.90.